The van der Waals surface area contributed by atoms with E-state index in [0.29, 0.717) is 19.7 Å². The Morgan fingerprint density at radius 1 is 1.29 bits per heavy atom. The Morgan fingerprint density at radius 3 is 2.52 bits per heavy atom. The van der Waals surface area contributed by atoms with Crippen LogP contribution >= 0.6 is 0 Å². The topological polar surface area (TPSA) is 75.7 Å². The maximum atomic E-state index is 12.1. The first kappa shape index (κ1) is 17.5. The summed E-state index contributed by atoms with van der Waals surface area (Å²) >= 11 is 0. The molecule has 1 atom stereocenters. The van der Waals surface area contributed by atoms with Crippen LogP contribution in [0.1, 0.15) is 40.5 Å². The summed E-state index contributed by atoms with van der Waals surface area (Å²) in [6.07, 6.45) is 1.53. The van der Waals surface area contributed by atoms with E-state index in [1.807, 2.05) is 0 Å². The second-order valence-corrected chi connectivity index (χ2v) is 6.36. The van der Waals surface area contributed by atoms with E-state index in [2.05, 4.69) is 5.32 Å². The number of piperidine rings is 1. The molecule has 1 rings (SSSR count). The van der Waals surface area contributed by atoms with Gasteiger partial charge in [0.05, 0.1) is 19.1 Å². The maximum Gasteiger partial charge on any atom is 0.310 e. The Morgan fingerprint density at radius 2 is 1.95 bits per heavy atom. The molecule has 0 bridgehead atoms. The number of likely N-dealkylation sites (tertiary alicyclic amines) is 1. The van der Waals surface area contributed by atoms with Crippen LogP contribution in [-0.4, -0.2) is 48.9 Å². The predicted octanol–water partition coefficient (Wildman–Crippen LogP) is 0.950. The second kappa shape index (κ2) is 7.43. The van der Waals surface area contributed by atoms with E-state index in [1.165, 1.54) is 0 Å². The third kappa shape index (κ3) is 5.36. The van der Waals surface area contributed by atoms with Gasteiger partial charge in [0.25, 0.3) is 0 Å². The van der Waals surface area contributed by atoms with Gasteiger partial charge in [-0.15, -0.1) is 0 Å². The van der Waals surface area contributed by atoms with Crippen LogP contribution in [0.5, 0.6) is 0 Å². The average molecular weight is 298 g/mol. The standard InChI is InChI=1S/C15H26N2O4/c1-5-21-13(19)11-7-6-8-17(10-11)12(18)9-16-14(20)15(2,3)4/h11H,5-10H2,1-4H3,(H,16,20)/t11-/m1/s1. The minimum absolute atomic E-state index is 0.0222. The molecule has 1 aliphatic heterocycles. The van der Waals surface area contributed by atoms with Crippen molar-refractivity contribution < 1.29 is 19.1 Å². The quantitative estimate of drug-likeness (QED) is 0.784. The number of nitrogens with one attached hydrogen (secondary N) is 1. The third-order valence-corrected chi connectivity index (χ3v) is 3.48. The molecular weight excluding hydrogens is 272 g/mol. The van der Waals surface area contributed by atoms with Crippen LogP contribution in [0.15, 0.2) is 0 Å². The Hall–Kier alpha value is -1.59. The van der Waals surface area contributed by atoms with Gasteiger partial charge < -0.3 is 15.0 Å². The fourth-order valence-electron chi connectivity index (χ4n) is 2.19. The van der Waals surface area contributed by atoms with Crippen molar-refractivity contribution in [3.05, 3.63) is 0 Å². The number of nitrogens with zero attached hydrogens (tertiary/aromatic N) is 1. The minimum Gasteiger partial charge on any atom is -0.466 e. The van der Waals surface area contributed by atoms with Gasteiger partial charge in [0.2, 0.25) is 11.8 Å². The minimum atomic E-state index is -0.518. The molecule has 1 aliphatic rings. The van der Waals surface area contributed by atoms with Crippen molar-refractivity contribution in [3.63, 3.8) is 0 Å². The maximum absolute atomic E-state index is 12.1. The third-order valence-electron chi connectivity index (χ3n) is 3.48. The van der Waals surface area contributed by atoms with E-state index in [9.17, 15) is 14.4 Å². The molecule has 0 radical (unpaired) electrons. The van der Waals surface area contributed by atoms with Gasteiger partial charge in [-0.1, -0.05) is 20.8 Å². The second-order valence-electron chi connectivity index (χ2n) is 6.36. The van der Waals surface area contributed by atoms with Gasteiger partial charge in [0.15, 0.2) is 0 Å². The molecule has 120 valence electrons. The smallest absolute Gasteiger partial charge is 0.310 e. The molecule has 0 unspecified atom stereocenters. The highest BCUT2D eigenvalue weighted by Crippen LogP contribution is 2.18. The Balaban J connectivity index is 2.47. The number of amides is 2. The van der Waals surface area contributed by atoms with Gasteiger partial charge in [-0.25, -0.2) is 0 Å². The highest BCUT2D eigenvalue weighted by atomic mass is 16.5. The van der Waals surface area contributed by atoms with Crippen molar-refractivity contribution in [1.29, 1.82) is 0 Å². The SMILES string of the molecule is CCOC(=O)[C@@H]1CCCN(C(=O)CNC(=O)C(C)(C)C)C1. The molecule has 0 saturated carbocycles. The lowest BCUT2D eigenvalue weighted by Crippen LogP contribution is -2.48. The first-order valence-corrected chi connectivity index (χ1v) is 7.48. The summed E-state index contributed by atoms with van der Waals surface area (Å²) in [5, 5.41) is 2.64. The summed E-state index contributed by atoms with van der Waals surface area (Å²) in [5.74, 6) is -0.800. The number of carbonyl (C=O) groups is 3. The molecule has 0 aromatic heterocycles. The molecule has 2 amide bonds. The number of hydrogen-bond donors (Lipinski definition) is 1. The van der Waals surface area contributed by atoms with Crippen molar-refractivity contribution in [1.82, 2.24) is 10.2 Å². The highest BCUT2D eigenvalue weighted by Gasteiger charge is 2.30. The lowest BCUT2D eigenvalue weighted by Gasteiger charge is -2.31. The van der Waals surface area contributed by atoms with Gasteiger partial charge in [0.1, 0.15) is 0 Å². The van der Waals surface area contributed by atoms with Crippen LogP contribution in [-0.2, 0) is 19.1 Å². The van der Waals surface area contributed by atoms with Crippen molar-refractivity contribution >= 4 is 17.8 Å². The van der Waals surface area contributed by atoms with Crippen molar-refractivity contribution in [3.8, 4) is 0 Å². The molecule has 1 heterocycles. The number of ether oxygens (including phenoxy) is 1. The molecule has 1 fully saturated rings. The molecular formula is C15H26N2O4. The van der Waals surface area contributed by atoms with Crippen LogP contribution in [0.4, 0.5) is 0 Å². The number of rotatable bonds is 4. The monoisotopic (exact) mass is 298 g/mol. The van der Waals surface area contributed by atoms with E-state index >= 15 is 0 Å². The first-order valence-electron chi connectivity index (χ1n) is 7.48. The normalized spacial score (nSPS) is 19.0. The zero-order valence-corrected chi connectivity index (χ0v) is 13.4. The number of carbonyl (C=O) groups excluding carboxylic acids is 3. The van der Waals surface area contributed by atoms with Crippen LogP contribution in [0, 0.1) is 11.3 Å². The molecule has 6 nitrogen and oxygen atoms in total. The van der Waals surface area contributed by atoms with E-state index in [4.69, 9.17) is 4.74 Å². The average Bonchev–Trinajstić information content (AvgIpc) is 2.43. The Labute approximate surface area is 126 Å². The van der Waals surface area contributed by atoms with Crippen LogP contribution in [0.3, 0.4) is 0 Å². The molecule has 1 N–H and O–H groups in total. The zero-order valence-electron chi connectivity index (χ0n) is 13.4. The van der Waals surface area contributed by atoms with Crippen LogP contribution < -0.4 is 5.32 Å². The Kier molecular flexibility index (Phi) is 6.18. The number of esters is 1. The largest absolute Gasteiger partial charge is 0.466 e. The lowest BCUT2D eigenvalue weighted by atomic mass is 9.95. The van der Waals surface area contributed by atoms with Crippen molar-refractivity contribution in [2.75, 3.05) is 26.2 Å². The summed E-state index contributed by atoms with van der Waals surface area (Å²) in [6.45, 7) is 8.49. The highest BCUT2D eigenvalue weighted by molar-refractivity contribution is 5.87. The van der Waals surface area contributed by atoms with Gasteiger partial charge in [-0.2, -0.15) is 0 Å². The molecule has 0 aliphatic carbocycles. The number of hydrogen-bond acceptors (Lipinski definition) is 4. The van der Waals surface area contributed by atoms with Crippen molar-refractivity contribution in [2.24, 2.45) is 11.3 Å². The Bertz CT molecular complexity index is 401. The van der Waals surface area contributed by atoms with E-state index < -0.39 is 5.41 Å². The summed E-state index contributed by atoms with van der Waals surface area (Å²) in [6, 6.07) is 0. The molecule has 1 saturated heterocycles. The summed E-state index contributed by atoms with van der Waals surface area (Å²) in [7, 11) is 0. The van der Waals surface area contributed by atoms with E-state index in [1.54, 1.807) is 32.6 Å². The van der Waals surface area contributed by atoms with Gasteiger partial charge in [-0.05, 0) is 19.8 Å². The van der Waals surface area contributed by atoms with Crippen molar-refractivity contribution in [2.45, 2.75) is 40.5 Å². The molecule has 0 spiro atoms. The van der Waals surface area contributed by atoms with Gasteiger partial charge >= 0.3 is 5.97 Å². The van der Waals surface area contributed by atoms with E-state index in [0.717, 1.165) is 12.8 Å². The lowest BCUT2D eigenvalue weighted by molar-refractivity contribution is -0.151. The summed E-state index contributed by atoms with van der Waals surface area (Å²) < 4.78 is 5.01. The van der Waals surface area contributed by atoms with Crippen LogP contribution in [0.2, 0.25) is 0 Å². The molecule has 6 heteroatoms. The molecule has 21 heavy (non-hydrogen) atoms. The first-order chi connectivity index (χ1) is 9.75. The van der Waals surface area contributed by atoms with E-state index in [-0.39, 0.29) is 30.2 Å². The fraction of sp³-hybridized carbons (Fsp3) is 0.800. The summed E-state index contributed by atoms with van der Waals surface area (Å²) in [5.41, 5.74) is -0.518. The van der Waals surface area contributed by atoms with Crippen LogP contribution in [0.25, 0.3) is 0 Å². The molecule has 0 aromatic rings. The predicted molar refractivity (Wildman–Crippen MR) is 78.4 cm³/mol. The fourth-order valence-corrected chi connectivity index (χ4v) is 2.19. The van der Waals surface area contributed by atoms with Gasteiger partial charge in [0, 0.05) is 18.5 Å². The summed E-state index contributed by atoms with van der Waals surface area (Å²) in [4.78, 5) is 37.2. The molecule has 0 aromatic carbocycles. The zero-order chi connectivity index (χ0) is 16.0. The van der Waals surface area contributed by atoms with Gasteiger partial charge in [-0.3, -0.25) is 14.4 Å².